The number of nitrogens with one attached hydrogen (secondary N) is 2. The molecular formula is C16H23N3O7. The lowest BCUT2D eigenvalue weighted by Gasteiger charge is -2.19. The Morgan fingerprint density at radius 1 is 1.27 bits per heavy atom. The van der Waals surface area contributed by atoms with Crippen LogP contribution in [0.2, 0.25) is 0 Å². The van der Waals surface area contributed by atoms with Gasteiger partial charge in [-0.05, 0) is 19.8 Å². The number of carbonyl (C=O) groups excluding carboxylic acids is 1. The minimum atomic E-state index is -1.22. The molecule has 1 aliphatic rings. The van der Waals surface area contributed by atoms with E-state index in [-0.39, 0.29) is 38.1 Å². The summed E-state index contributed by atoms with van der Waals surface area (Å²) in [6.07, 6.45) is -0.608. The molecule has 1 heterocycles. The smallest absolute Gasteiger partial charge is 0.328 e. The molecule has 1 saturated carbocycles. The molecule has 5 N–H and O–H groups in total. The molecule has 0 spiro atoms. The number of hydrogen-bond donors (Lipinski definition) is 5. The summed E-state index contributed by atoms with van der Waals surface area (Å²) in [5.74, 6) is -1.79. The maximum absolute atomic E-state index is 12.0. The predicted molar refractivity (Wildman–Crippen MR) is 89.7 cm³/mol. The third kappa shape index (κ3) is 4.58. The summed E-state index contributed by atoms with van der Waals surface area (Å²) in [6, 6.07) is -0.720. The highest BCUT2D eigenvalue weighted by Crippen LogP contribution is 2.34. The summed E-state index contributed by atoms with van der Waals surface area (Å²) in [6.45, 7) is 1.62. The van der Waals surface area contributed by atoms with Crippen LogP contribution in [0.1, 0.15) is 37.3 Å². The maximum Gasteiger partial charge on any atom is 0.328 e. The Hall–Kier alpha value is -2.46. The molecule has 1 aromatic rings. The second-order valence-corrected chi connectivity index (χ2v) is 6.57. The standard InChI is InChI=1S/C16H23N3O7/c1-8-7-19(16(26)18-15(8)25)10-5-9(13(23)14(10)24)6-17-11(20)3-2-4-12(21)22/h7,9-10,13-14,23-24H,2-6H2,1H3,(H,17,20)(H,21,22)(H,18,25,26)/t9-,10+,13+,14+/m0/s1. The summed E-state index contributed by atoms with van der Waals surface area (Å²) in [7, 11) is 0. The Kier molecular flexibility index (Phi) is 6.32. The molecule has 1 amide bonds. The SMILES string of the molecule is Cc1cn([C@@H]2C[C@@H](CNC(=O)CCCC(=O)O)[C@@H](O)[C@@H]2O)c(=O)[nH]c1=O. The molecule has 0 radical (unpaired) electrons. The van der Waals surface area contributed by atoms with Crippen molar-refractivity contribution in [1.82, 2.24) is 14.9 Å². The molecule has 26 heavy (non-hydrogen) atoms. The average Bonchev–Trinajstić information content (AvgIpc) is 2.84. The monoisotopic (exact) mass is 369 g/mol. The van der Waals surface area contributed by atoms with Crippen LogP contribution in [0.4, 0.5) is 0 Å². The topological polar surface area (TPSA) is 162 Å². The van der Waals surface area contributed by atoms with E-state index >= 15 is 0 Å². The van der Waals surface area contributed by atoms with Crippen LogP contribution in [0, 0.1) is 12.8 Å². The predicted octanol–water partition coefficient (Wildman–Crippen LogP) is -1.50. The van der Waals surface area contributed by atoms with Crippen LogP contribution in [0.5, 0.6) is 0 Å². The number of aliphatic hydroxyl groups is 2. The quantitative estimate of drug-likeness (QED) is 0.390. The van der Waals surface area contributed by atoms with Gasteiger partial charge in [0, 0.05) is 37.1 Å². The number of aliphatic carboxylic acids is 1. The van der Waals surface area contributed by atoms with Crippen molar-refractivity contribution >= 4 is 11.9 Å². The van der Waals surface area contributed by atoms with Gasteiger partial charge in [-0.2, -0.15) is 0 Å². The minimum Gasteiger partial charge on any atom is -0.481 e. The molecule has 10 heteroatoms. The van der Waals surface area contributed by atoms with Gasteiger partial charge in [-0.3, -0.25) is 23.9 Å². The lowest BCUT2D eigenvalue weighted by atomic mass is 10.1. The van der Waals surface area contributed by atoms with Crippen molar-refractivity contribution in [1.29, 1.82) is 0 Å². The zero-order valence-electron chi connectivity index (χ0n) is 14.3. The molecule has 4 atom stereocenters. The van der Waals surface area contributed by atoms with Gasteiger partial charge in [0.05, 0.1) is 12.1 Å². The second kappa shape index (κ2) is 8.28. The van der Waals surface area contributed by atoms with Gasteiger partial charge >= 0.3 is 11.7 Å². The summed E-state index contributed by atoms with van der Waals surface area (Å²) in [5.41, 5.74) is -0.874. The number of carboxylic acid groups (broad SMARTS) is 1. The lowest BCUT2D eigenvalue weighted by molar-refractivity contribution is -0.137. The fourth-order valence-electron chi connectivity index (χ4n) is 3.14. The lowest BCUT2D eigenvalue weighted by Crippen LogP contribution is -2.38. The summed E-state index contributed by atoms with van der Waals surface area (Å²) in [4.78, 5) is 47.7. The van der Waals surface area contributed by atoms with Gasteiger partial charge < -0.3 is 20.6 Å². The number of amides is 1. The van der Waals surface area contributed by atoms with E-state index in [1.165, 1.54) is 17.7 Å². The van der Waals surface area contributed by atoms with Crippen molar-refractivity contribution in [3.63, 3.8) is 0 Å². The zero-order chi connectivity index (χ0) is 19.4. The molecule has 1 aliphatic carbocycles. The summed E-state index contributed by atoms with van der Waals surface area (Å²) >= 11 is 0. The van der Waals surface area contributed by atoms with Crippen LogP contribution in [-0.2, 0) is 9.59 Å². The number of rotatable bonds is 7. The van der Waals surface area contributed by atoms with Crippen molar-refractivity contribution < 1.29 is 24.9 Å². The zero-order valence-corrected chi connectivity index (χ0v) is 14.3. The van der Waals surface area contributed by atoms with E-state index in [1.807, 2.05) is 0 Å². The molecule has 10 nitrogen and oxygen atoms in total. The fraction of sp³-hybridized carbons (Fsp3) is 0.625. The molecule has 0 bridgehead atoms. The largest absolute Gasteiger partial charge is 0.481 e. The minimum absolute atomic E-state index is 0.0552. The fourth-order valence-corrected chi connectivity index (χ4v) is 3.14. The number of aliphatic hydroxyl groups excluding tert-OH is 2. The number of carboxylic acids is 1. The number of carbonyl (C=O) groups is 2. The highest BCUT2D eigenvalue weighted by molar-refractivity contribution is 5.76. The number of hydrogen-bond acceptors (Lipinski definition) is 6. The van der Waals surface area contributed by atoms with Crippen molar-refractivity contribution in [2.45, 2.75) is 50.9 Å². The van der Waals surface area contributed by atoms with E-state index < -0.39 is 41.4 Å². The number of aromatic amines is 1. The first-order chi connectivity index (χ1) is 12.2. The van der Waals surface area contributed by atoms with Gasteiger partial charge in [-0.25, -0.2) is 4.79 Å². The second-order valence-electron chi connectivity index (χ2n) is 6.57. The normalized spacial score (nSPS) is 25.2. The highest BCUT2D eigenvalue weighted by atomic mass is 16.4. The van der Waals surface area contributed by atoms with Crippen LogP contribution in [0.15, 0.2) is 15.8 Å². The van der Waals surface area contributed by atoms with Crippen LogP contribution in [0.25, 0.3) is 0 Å². The Bertz CT molecular complexity index is 785. The first-order valence-corrected chi connectivity index (χ1v) is 8.37. The van der Waals surface area contributed by atoms with Crippen LogP contribution in [-0.4, -0.2) is 55.5 Å². The molecule has 1 fully saturated rings. The van der Waals surface area contributed by atoms with E-state index in [9.17, 15) is 29.4 Å². The van der Waals surface area contributed by atoms with Crippen molar-refractivity contribution in [2.75, 3.05) is 6.54 Å². The Morgan fingerprint density at radius 3 is 2.62 bits per heavy atom. The van der Waals surface area contributed by atoms with Crippen molar-refractivity contribution in [3.05, 3.63) is 32.6 Å². The third-order valence-electron chi connectivity index (χ3n) is 4.63. The average molecular weight is 369 g/mol. The van der Waals surface area contributed by atoms with Crippen molar-refractivity contribution in [3.8, 4) is 0 Å². The molecule has 1 aromatic heterocycles. The van der Waals surface area contributed by atoms with E-state index in [0.717, 1.165) is 0 Å². The van der Waals surface area contributed by atoms with Gasteiger partial charge in [-0.15, -0.1) is 0 Å². The summed E-state index contributed by atoms with van der Waals surface area (Å²) in [5, 5.41) is 31.6. The molecular weight excluding hydrogens is 346 g/mol. The Labute approximate surface area is 148 Å². The van der Waals surface area contributed by atoms with Gasteiger partial charge in [-0.1, -0.05) is 0 Å². The Balaban J connectivity index is 1.98. The highest BCUT2D eigenvalue weighted by Gasteiger charge is 2.42. The first kappa shape index (κ1) is 19.9. The molecule has 0 saturated heterocycles. The van der Waals surface area contributed by atoms with Crippen LogP contribution in [0.3, 0.4) is 0 Å². The van der Waals surface area contributed by atoms with Crippen LogP contribution < -0.4 is 16.6 Å². The number of nitrogens with zero attached hydrogens (tertiary/aromatic N) is 1. The first-order valence-electron chi connectivity index (χ1n) is 8.37. The summed E-state index contributed by atoms with van der Waals surface area (Å²) < 4.78 is 1.19. The molecule has 0 unspecified atom stereocenters. The van der Waals surface area contributed by atoms with E-state index in [1.54, 1.807) is 0 Å². The number of H-pyrrole nitrogens is 1. The number of aromatic nitrogens is 2. The third-order valence-corrected chi connectivity index (χ3v) is 4.63. The van der Waals surface area contributed by atoms with Gasteiger partial charge in [0.1, 0.15) is 6.10 Å². The Morgan fingerprint density at radius 2 is 1.96 bits per heavy atom. The van der Waals surface area contributed by atoms with E-state index in [0.29, 0.717) is 5.56 Å². The van der Waals surface area contributed by atoms with Gasteiger partial charge in [0.15, 0.2) is 0 Å². The van der Waals surface area contributed by atoms with Gasteiger partial charge in [0.25, 0.3) is 5.56 Å². The number of aryl methyl sites for hydroxylation is 1. The van der Waals surface area contributed by atoms with E-state index in [4.69, 9.17) is 5.11 Å². The van der Waals surface area contributed by atoms with Crippen molar-refractivity contribution in [2.24, 2.45) is 5.92 Å². The molecule has 144 valence electrons. The van der Waals surface area contributed by atoms with Gasteiger partial charge in [0.2, 0.25) is 5.91 Å². The molecule has 0 aliphatic heterocycles. The molecule has 2 rings (SSSR count). The van der Waals surface area contributed by atoms with E-state index in [2.05, 4.69) is 10.3 Å². The van der Waals surface area contributed by atoms with Crippen LogP contribution >= 0.6 is 0 Å². The maximum atomic E-state index is 12.0. The molecule has 0 aromatic carbocycles.